The fraction of sp³-hybridized carbons (Fsp3) is 0.471. The van der Waals surface area contributed by atoms with E-state index in [9.17, 15) is 18.0 Å². The lowest BCUT2D eigenvalue weighted by Gasteiger charge is -2.07. The van der Waals surface area contributed by atoms with Crippen LogP contribution in [0.5, 0.6) is 5.75 Å². The Hall–Kier alpha value is -2.20. The van der Waals surface area contributed by atoms with E-state index in [-0.39, 0.29) is 23.8 Å². The number of fused-ring (bicyclic) bond motifs is 1. The minimum atomic E-state index is -3.04. The molecule has 1 fully saturated rings. The van der Waals surface area contributed by atoms with E-state index in [2.05, 4.69) is 10.3 Å². The zero-order valence-corrected chi connectivity index (χ0v) is 16.4. The fourth-order valence-corrected chi connectivity index (χ4v) is 5.62. The summed E-state index contributed by atoms with van der Waals surface area (Å²) in [6.45, 7) is 2.03. The molecule has 146 valence electrons. The number of esters is 1. The second-order valence-electron chi connectivity index (χ2n) is 6.26. The number of rotatable bonds is 7. The molecule has 2 aromatic rings. The molecule has 1 N–H and O–H groups in total. The van der Waals surface area contributed by atoms with Crippen LogP contribution in [0.3, 0.4) is 0 Å². The lowest BCUT2D eigenvalue weighted by atomic mass is 10.1. The van der Waals surface area contributed by atoms with Gasteiger partial charge in [0.25, 0.3) is 5.91 Å². The molecular formula is C17H20N2O6S2. The molecule has 1 aliphatic heterocycles. The average molecular weight is 412 g/mol. The largest absolute Gasteiger partial charge is 0.494 e. The van der Waals surface area contributed by atoms with Crippen LogP contribution in [0.25, 0.3) is 10.2 Å². The molecule has 0 unspecified atom stereocenters. The summed E-state index contributed by atoms with van der Waals surface area (Å²) in [7, 11) is -3.04. The Morgan fingerprint density at radius 2 is 2.19 bits per heavy atom. The predicted octanol–water partition coefficient (Wildman–Crippen LogP) is 2.00. The van der Waals surface area contributed by atoms with Crippen LogP contribution in [0.15, 0.2) is 18.2 Å². The number of carbonyl (C=O) groups is 2. The van der Waals surface area contributed by atoms with Crippen molar-refractivity contribution >= 4 is 48.4 Å². The number of benzene rings is 1. The van der Waals surface area contributed by atoms with Crippen molar-refractivity contribution < 1.29 is 27.5 Å². The first-order chi connectivity index (χ1) is 12.8. The molecule has 0 bridgehead atoms. The number of ether oxygens (including phenoxy) is 2. The molecule has 3 rings (SSSR count). The number of amides is 1. The van der Waals surface area contributed by atoms with Gasteiger partial charge >= 0.3 is 5.97 Å². The summed E-state index contributed by atoms with van der Waals surface area (Å²) in [5, 5.41) is 3.00. The lowest BCUT2D eigenvalue weighted by Crippen LogP contribution is -2.22. The quantitative estimate of drug-likeness (QED) is 0.692. The molecule has 1 aromatic carbocycles. The zero-order valence-electron chi connectivity index (χ0n) is 14.8. The molecule has 1 amide bonds. The van der Waals surface area contributed by atoms with Crippen LogP contribution >= 0.6 is 11.3 Å². The van der Waals surface area contributed by atoms with E-state index in [1.807, 2.05) is 25.1 Å². The van der Waals surface area contributed by atoms with Crippen molar-refractivity contribution in [3.63, 3.8) is 0 Å². The second kappa shape index (κ2) is 8.22. The standard InChI is InChI=1S/C17H20N2O6S2/c1-2-24-12-3-4-13-14(8-12)26-17(18-13)19-15(20)9-25-16(21)7-11-5-6-27(22,23)10-11/h3-4,8,11H,2,5-7,9-10H2,1H3,(H,18,19,20)/t11-/m0/s1. The van der Waals surface area contributed by atoms with Gasteiger partial charge in [0.2, 0.25) is 0 Å². The Morgan fingerprint density at radius 3 is 2.89 bits per heavy atom. The highest BCUT2D eigenvalue weighted by molar-refractivity contribution is 7.91. The van der Waals surface area contributed by atoms with Crippen LogP contribution < -0.4 is 10.1 Å². The first-order valence-corrected chi connectivity index (χ1v) is 11.2. The van der Waals surface area contributed by atoms with E-state index in [4.69, 9.17) is 9.47 Å². The predicted molar refractivity (Wildman–Crippen MR) is 102 cm³/mol. The summed E-state index contributed by atoms with van der Waals surface area (Å²) in [5.74, 6) is -0.453. The summed E-state index contributed by atoms with van der Waals surface area (Å²) in [6.07, 6.45) is 0.465. The minimum absolute atomic E-state index is 0.00371. The van der Waals surface area contributed by atoms with Crippen molar-refractivity contribution in [3.05, 3.63) is 18.2 Å². The Bertz CT molecular complexity index is 953. The van der Waals surface area contributed by atoms with Crippen molar-refractivity contribution in [1.29, 1.82) is 0 Å². The van der Waals surface area contributed by atoms with Crippen LogP contribution in [-0.4, -0.2) is 50.0 Å². The van der Waals surface area contributed by atoms with Crippen molar-refractivity contribution in [2.45, 2.75) is 19.8 Å². The third-order valence-electron chi connectivity index (χ3n) is 4.06. The van der Waals surface area contributed by atoms with Gasteiger partial charge in [0.15, 0.2) is 21.6 Å². The van der Waals surface area contributed by atoms with Crippen molar-refractivity contribution in [2.75, 3.05) is 30.0 Å². The first-order valence-electron chi connectivity index (χ1n) is 8.54. The molecule has 10 heteroatoms. The highest BCUT2D eigenvalue weighted by Gasteiger charge is 2.30. The van der Waals surface area contributed by atoms with E-state index in [0.717, 1.165) is 16.0 Å². The van der Waals surface area contributed by atoms with E-state index < -0.39 is 28.3 Å². The highest BCUT2D eigenvalue weighted by Crippen LogP contribution is 2.29. The number of thiazole rings is 1. The SMILES string of the molecule is CCOc1ccc2nc(NC(=O)COC(=O)C[C@@H]3CCS(=O)(=O)C3)sc2c1. The topological polar surface area (TPSA) is 112 Å². The summed E-state index contributed by atoms with van der Waals surface area (Å²) < 4.78 is 34.0. The van der Waals surface area contributed by atoms with Crippen LogP contribution in [0.2, 0.25) is 0 Å². The van der Waals surface area contributed by atoms with Crippen LogP contribution in [0.1, 0.15) is 19.8 Å². The van der Waals surface area contributed by atoms with Crippen LogP contribution in [-0.2, 0) is 24.2 Å². The van der Waals surface area contributed by atoms with E-state index >= 15 is 0 Å². The van der Waals surface area contributed by atoms with Gasteiger partial charge in [0.05, 0.1) is 28.3 Å². The molecule has 1 atom stereocenters. The highest BCUT2D eigenvalue weighted by atomic mass is 32.2. The average Bonchev–Trinajstić information content (AvgIpc) is 3.14. The number of nitrogens with zero attached hydrogens (tertiary/aromatic N) is 1. The zero-order chi connectivity index (χ0) is 19.4. The molecule has 8 nitrogen and oxygen atoms in total. The first kappa shape index (κ1) is 19.6. The van der Waals surface area contributed by atoms with Crippen LogP contribution in [0.4, 0.5) is 5.13 Å². The Labute approximate surface area is 160 Å². The Balaban J connectivity index is 1.49. The van der Waals surface area contributed by atoms with E-state index in [1.54, 1.807) is 0 Å². The number of hydrogen-bond acceptors (Lipinski definition) is 8. The molecule has 0 radical (unpaired) electrons. The molecule has 2 heterocycles. The van der Waals surface area contributed by atoms with E-state index in [1.165, 1.54) is 11.3 Å². The van der Waals surface area contributed by atoms with Gasteiger partial charge in [0, 0.05) is 6.42 Å². The summed E-state index contributed by atoms with van der Waals surface area (Å²) in [5.41, 5.74) is 0.734. The lowest BCUT2D eigenvalue weighted by molar-refractivity contribution is -0.148. The van der Waals surface area contributed by atoms with Crippen molar-refractivity contribution in [3.8, 4) is 5.75 Å². The van der Waals surface area contributed by atoms with Gasteiger partial charge in [-0.25, -0.2) is 13.4 Å². The molecule has 1 aliphatic rings. The van der Waals surface area contributed by atoms with E-state index in [0.29, 0.717) is 18.2 Å². The van der Waals surface area contributed by atoms with Crippen molar-refractivity contribution in [1.82, 2.24) is 4.98 Å². The second-order valence-corrected chi connectivity index (χ2v) is 9.52. The minimum Gasteiger partial charge on any atom is -0.494 e. The molecule has 0 spiro atoms. The number of sulfone groups is 1. The number of hydrogen-bond donors (Lipinski definition) is 1. The molecule has 0 saturated carbocycles. The van der Waals surface area contributed by atoms with Gasteiger partial charge in [-0.05, 0) is 37.5 Å². The summed E-state index contributed by atoms with van der Waals surface area (Å²) >= 11 is 1.30. The number of nitrogens with one attached hydrogen (secondary N) is 1. The van der Waals surface area contributed by atoms with Gasteiger partial charge < -0.3 is 9.47 Å². The Morgan fingerprint density at radius 1 is 1.37 bits per heavy atom. The maximum Gasteiger partial charge on any atom is 0.306 e. The Kier molecular flexibility index (Phi) is 5.95. The number of aromatic nitrogens is 1. The fourth-order valence-electron chi connectivity index (χ4n) is 2.84. The third-order valence-corrected chi connectivity index (χ3v) is 6.83. The smallest absolute Gasteiger partial charge is 0.306 e. The number of carbonyl (C=O) groups excluding carboxylic acids is 2. The van der Waals surface area contributed by atoms with Gasteiger partial charge in [-0.1, -0.05) is 11.3 Å². The normalized spacial score (nSPS) is 18.3. The van der Waals surface area contributed by atoms with Gasteiger partial charge in [0.1, 0.15) is 5.75 Å². The molecule has 1 saturated heterocycles. The molecule has 0 aliphatic carbocycles. The van der Waals surface area contributed by atoms with Gasteiger partial charge in [-0.2, -0.15) is 0 Å². The third kappa shape index (κ3) is 5.39. The van der Waals surface area contributed by atoms with Gasteiger partial charge in [-0.15, -0.1) is 0 Å². The maximum atomic E-state index is 12.0. The van der Waals surface area contributed by atoms with Gasteiger partial charge in [-0.3, -0.25) is 14.9 Å². The molecular weight excluding hydrogens is 392 g/mol. The monoisotopic (exact) mass is 412 g/mol. The number of anilines is 1. The molecule has 1 aromatic heterocycles. The van der Waals surface area contributed by atoms with Crippen molar-refractivity contribution in [2.24, 2.45) is 5.92 Å². The van der Waals surface area contributed by atoms with Crippen LogP contribution in [0, 0.1) is 5.92 Å². The summed E-state index contributed by atoms with van der Waals surface area (Å²) in [4.78, 5) is 28.0. The molecule has 27 heavy (non-hydrogen) atoms. The maximum absolute atomic E-state index is 12.0. The summed E-state index contributed by atoms with van der Waals surface area (Å²) in [6, 6.07) is 5.46.